The molecule has 8 nitrogen and oxygen atoms in total. The second-order valence-electron chi connectivity index (χ2n) is 10.5. The lowest BCUT2D eigenvalue weighted by atomic mass is 9.90. The van der Waals surface area contributed by atoms with Crippen LogP contribution in [0.4, 0.5) is 5.95 Å². The molecule has 5 rings (SSSR count). The molecule has 1 aromatic carbocycles. The highest BCUT2D eigenvalue weighted by atomic mass is 35.5. The lowest BCUT2D eigenvalue weighted by molar-refractivity contribution is -0.142. The Hall–Kier alpha value is -2.42. The first-order valence-corrected chi connectivity index (χ1v) is 13.7. The van der Waals surface area contributed by atoms with Gasteiger partial charge in [-0.1, -0.05) is 17.7 Å². The first kappa shape index (κ1) is 26.2. The molecule has 0 spiro atoms. The van der Waals surface area contributed by atoms with Crippen molar-refractivity contribution in [3.63, 3.8) is 0 Å². The number of likely N-dealkylation sites (tertiary alicyclic amines) is 1. The second-order valence-corrected chi connectivity index (χ2v) is 10.9. The molecule has 0 N–H and O–H groups in total. The second kappa shape index (κ2) is 12.0. The minimum atomic E-state index is 0.0852. The maximum absolute atomic E-state index is 12.4. The number of benzene rings is 1. The molecule has 200 valence electrons. The van der Waals surface area contributed by atoms with Gasteiger partial charge in [-0.15, -0.1) is 0 Å². The summed E-state index contributed by atoms with van der Waals surface area (Å²) in [5, 5.41) is 0.586. The predicted octanol–water partition coefficient (Wildman–Crippen LogP) is 4.00. The van der Waals surface area contributed by atoms with Crippen LogP contribution in [0.1, 0.15) is 36.8 Å². The lowest BCUT2D eigenvalue weighted by Crippen LogP contribution is -2.54. The Morgan fingerprint density at radius 1 is 1.14 bits per heavy atom. The molecule has 3 heterocycles. The number of nitrogens with zero attached hydrogens (tertiary/aromatic N) is 4. The summed E-state index contributed by atoms with van der Waals surface area (Å²) in [6, 6.07) is 5.67. The third-order valence-electron chi connectivity index (χ3n) is 8.07. The first-order valence-electron chi connectivity index (χ1n) is 13.3. The maximum atomic E-state index is 12.4. The Kier molecular flexibility index (Phi) is 8.47. The van der Waals surface area contributed by atoms with E-state index in [-0.39, 0.29) is 12.0 Å². The first-order chi connectivity index (χ1) is 18.0. The monoisotopic (exact) mass is 528 g/mol. The topological polar surface area (TPSA) is 77.0 Å². The number of anilines is 1. The molecule has 1 amide bonds. The molecule has 2 saturated heterocycles. The summed E-state index contributed by atoms with van der Waals surface area (Å²) in [6.07, 6.45) is 8.96. The molecule has 2 atom stereocenters. The maximum Gasteiger partial charge on any atom is 0.227 e. The van der Waals surface area contributed by atoms with Crippen LogP contribution in [0.5, 0.6) is 5.75 Å². The van der Waals surface area contributed by atoms with Gasteiger partial charge in [0.1, 0.15) is 5.75 Å². The van der Waals surface area contributed by atoms with Crippen LogP contribution in [0, 0.1) is 17.8 Å². The average Bonchev–Trinajstić information content (AvgIpc) is 3.65. The number of piperidine rings is 1. The minimum Gasteiger partial charge on any atom is -0.494 e. The van der Waals surface area contributed by atoms with Crippen molar-refractivity contribution < 1.29 is 19.0 Å². The van der Waals surface area contributed by atoms with Crippen molar-refractivity contribution in [3.05, 3.63) is 46.7 Å². The summed E-state index contributed by atoms with van der Waals surface area (Å²) in [4.78, 5) is 25.5. The van der Waals surface area contributed by atoms with E-state index in [1.807, 2.05) is 30.6 Å². The number of amides is 1. The van der Waals surface area contributed by atoms with E-state index in [1.54, 1.807) is 19.1 Å². The van der Waals surface area contributed by atoms with Gasteiger partial charge in [-0.25, -0.2) is 9.97 Å². The molecular formula is C28H37ClN4O4. The molecule has 9 heteroatoms. The molecule has 2 aliphatic heterocycles. The standard InChI is InChI=1S/C28H37ClN4O4/c1-35-18-19-14-30-28(31-15-19)32-8-5-20(6-9-32)25-11-21(25)7-10-37-23-4-3-22(26(29)13-23)12-27(34)33-16-24(17-33)36-2/h3-4,13-15,20-21,24-25H,5-12,16-18H2,1-2H3/t21-,25-/m0/s1. The molecular weight excluding hydrogens is 492 g/mol. The largest absolute Gasteiger partial charge is 0.494 e. The van der Waals surface area contributed by atoms with Gasteiger partial charge in [-0.2, -0.15) is 0 Å². The number of halogens is 1. The fourth-order valence-electron chi connectivity index (χ4n) is 5.62. The van der Waals surface area contributed by atoms with Crippen LogP contribution in [0.25, 0.3) is 0 Å². The van der Waals surface area contributed by atoms with E-state index in [0.29, 0.717) is 37.7 Å². The Morgan fingerprint density at radius 3 is 2.57 bits per heavy atom. The lowest BCUT2D eigenvalue weighted by Gasteiger charge is -2.38. The predicted molar refractivity (Wildman–Crippen MR) is 142 cm³/mol. The van der Waals surface area contributed by atoms with Crippen LogP contribution in [-0.4, -0.2) is 73.9 Å². The van der Waals surface area contributed by atoms with Gasteiger partial charge in [0, 0.05) is 63.4 Å². The van der Waals surface area contributed by atoms with Crippen molar-refractivity contribution in [1.29, 1.82) is 0 Å². The van der Waals surface area contributed by atoms with Gasteiger partial charge in [0.05, 0.1) is 25.7 Å². The Labute approximate surface area is 224 Å². The van der Waals surface area contributed by atoms with Crippen molar-refractivity contribution in [1.82, 2.24) is 14.9 Å². The molecule has 1 aromatic heterocycles. The summed E-state index contributed by atoms with van der Waals surface area (Å²) >= 11 is 6.46. The van der Waals surface area contributed by atoms with E-state index >= 15 is 0 Å². The van der Waals surface area contributed by atoms with Gasteiger partial charge in [-0.3, -0.25) is 4.79 Å². The summed E-state index contributed by atoms with van der Waals surface area (Å²) in [5.41, 5.74) is 1.84. The molecule has 1 aliphatic carbocycles. The summed E-state index contributed by atoms with van der Waals surface area (Å²) < 4.78 is 16.4. The molecule has 1 saturated carbocycles. The van der Waals surface area contributed by atoms with Gasteiger partial charge in [0.15, 0.2) is 0 Å². The van der Waals surface area contributed by atoms with Crippen molar-refractivity contribution in [2.75, 3.05) is 51.9 Å². The highest BCUT2D eigenvalue weighted by Crippen LogP contribution is 2.49. The number of hydrogen-bond donors (Lipinski definition) is 0. The number of carbonyl (C=O) groups is 1. The number of hydrogen-bond acceptors (Lipinski definition) is 7. The third-order valence-corrected chi connectivity index (χ3v) is 8.42. The van der Waals surface area contributed by atoms with Crippen molar-refractivity contribution in [2.24, 2.45) is 17.8 Å². The number of aromatic nitrogens is 2. The van der Waals surface area contributed by atoms with Crippen LogP contribution >= 0.6 is 11.6 Å². The number of carbonyl (C=O) groups excluding carboxylic acids is 1. The summed E-state index contributed by atoms with van der Waals surface area (Å²) in [7, 11) is 3.36. The fourth-order valence-corrected chi connectivity index (χ4v) is 5.85. The smallest absolute Gasteiger partial charge is 0.227 e. The van der Waals surface area contributed by atoms with Gasteiger partial charge in [0.25, 0.3) is 0 Å². The quantitative estimate of drug-likeness (QED) is 0.436. The van der Waals surface area contributed by atoms with Crippen LogP contribution in [0.2, 0.25) is 5.02 Å². The number of rotatable bonds is 11. The summed E-state index contributed by atoms with van der Waals surface area (Å²) in [6.45, 7) is 4.60. The Morgan fingerprint density at radius 2 is 1.89 bits per heavy atom. The van der Waals surface area contributed by atoms with E-state index in [1.165, 1.54) is 19.3 Å². The molecule has 0 unspecified atom stereocenters. The van der Waals surface area contributed by atoms with Gasteiger partial charge in [-0.05, 0) is 61.1 Å². The zero-order chi connectivity index (χ0) is 25.8. The Balaban J connectivity index is 1.00. The fraction of sp³-hybridized carbons (Fsp3) is 0.607. The Bertz CT molecular complexity index is 1050. The SMILES string of the molecule is COCc1cnc(N2CCC([C@@H]3C[C@@H]3CCOc3ccc(CC(=O)N4CC(OC)C4)c(Cl)c3)CC2)nc1. The average molecular weight is 529 g/mol. The highest BCUT2D eigenvalue weighted by Gasteiger charge is 2.43. The van der Waals surface area contributed by atoms with Gasteiger partial charge < -0.3 is 24.0 Å². The van der Waals surface area contributed by atoms with E-state index in [2.05, 4.69) is 14.9 Å². The third kappa shape index (κ3) is 6.54. The molecule has 37 heavy (non-hydrogen) atoms. The van der Waals surface area contributed by atoms with Crippen LogP contribution in [-0.2, 0) is 27.3 Å². The molecule has 0 bridgehead atoms. The van der Waals surface area contributed by atoms with Crippen LogP contribution in [0.15, 0.2) is 30.6 Å². The van der Waals surface area contributed by atoms with E-state index < -0.39 is 0 Å². The van der Waals surface area contributed by atoms with Crippen molar-refractivity contribution >= 4 is 23.5 Å². The van der Waals surface area contributed by atoms with E-state index in [4.69, 9.17) is 25.8 Å². The summed E-state index contributed by atoms with van der Waals surface area (Å²) in [5.74, 6) is 4.03. The van der Waals surface area contributed by atoms with Gasteiger partial charge >= 0.3 is 0 Å². The van der Waals surface area contributed by atoms with Crippen LogP contribution in [0.3, 0.4) is 0 Å². The molecule has 2 aromatic rings. The van der Waals surface area contributed by atoms with E-state index in [9.17, 15) is 4.79 Å². The van der Waals surface area contributed by atoms with Crippen molar-refractivity contribution in [2.45, 2.75) is 44.8 Å². The zero-order valence-electron chi connectivity index (χ0n) is 21.8. The molecule has 3 fully saturated rings. The number of methoxy groups -OCH3 is 2. The number of ether oxygens (including phenoxy) is 3. The van der Waals surface area contributed by atoms with Crippen LogP contribution < -0.4 is 9.64 Å². The molecule has 3 aliphatic rings. The van der Waals surface area contributed by atoms with Gasteiger partial charge in [0.2, 0.25) is 11.9 Å². The van der Waals surface area contributed by atoms with Crippen molar-refractivity contribution in [3.8, 4) is 5.75 Å². The minimum absolute atomic E-state index is 0.0852. The highest BCUT2D eigenvalue weighted by molar-refractivity contribution is 6.31. The zero-order valence-corrected chi connectivity index (χ0v) is 22.5. The van der Waals surface area contributed by atoms with E-state index in [0.717, 1.165) is 60.1 Å². The normalized spacial score (nSPS) is 22.1. The molecule has 0 radical (unpaired) electrons.